The summed E-state index contributed by atoms with van der Waals surface area (Å²) in [6, 6.07) is 9.16. The maximum Gasteiger partial charge on any atom is 0.343 e. The molecule has 10 rings (SSSR count). The van der Waals surface area contributed by atoms with Crippen LogP contribution in [-0.4, -0.2) is 92.7 Å². The minimum atomic E-state index is -0.389. The van der Waals surface area contributed by atoms with E-state index in [4.69, 9.17) is 0 Å². The number of amides is 2. The summed E-state index contributed by atoms with van der Waals surface area (Å²) in [5.41, 5.74) is 4.23. The lowest BCUT2D eigenvalue weighted by Gasteiger charge is -2.48. The summed E-state index contributed by atoms with van der Waals surface area (Å²) in [6.07, 6.45) is 6.47. The van der Waals surface area contributed by atoms with Crippen LogP contribution in [0.4, 0.5) is 8.78 Å². The molecule has 2 aliphatic heterocycles. The number of halogens is 2. The summed E-state index contributed by atoms with van der Waals surface area (Å²) < 4.78 is 34.8. The lowest BCUT2D eigenvalue weighted by molar-refractivity contribution is 0.0275. The Balaban J connectivity index is 0.947. The average molecular weight is 836 g/mol. The molecule has 2 aliphatic carbocycles. The maximum absolute atomic E-state index is 14.8. The number of nitrogens with one attached hydrogen (secondary N) is 5. The molecule has 0 bridgehead atoms. The fraction of sp³-hybridized carbons (Fsp3) is 0.477. The van der Waals surface area contributed by atoms with Gasteiger partial charge in [-0.05, 0) is 99.6 Å². The number of imidazole rings is 1. The van der Waals surface area contributed by atoms with E-state index in [0.29, 0.717) is 97.5 Å². The zero-order chi connectivity index (χ0) is 42.3. The van der Waals surface area contributed by atoms with E-state index < -0.39 is 0 Å². The summed E-state index contributed by atoms with van der Waals surface area (Å²) >= 11 is 0. The largest absolute Gasteiger partial charge is 0.350 e. The highest BCUT2D eigenvalue weighted by molar-refractivity contribution is 6.00. The highest BCUT2D eigenvalue weighted by Gasteiger charge is 2.43. The van der Waals surface area contributed by atoms with Gasteiger partial charge in [0, 0.05) is 80.9 Å². The lowest BCUT2D eigenvalue weighted by atomic mass is 9.68. The number of H-pyrrole nitrogens is 3. The quantitative estimate of drug-likeness (QED) is 0.160. The molecule has 15 nitrogen and oxygen atoms in total. The molecule has 4 aliphatic rings. The molecule has 0 radical (unpaired) electrons. The zero-order valence-electron chi connectivity index (χ0n) is 34.6. The van der Waals surface area contributed by atoms with Gasteiger partial charge >= 0.3 is 11.4 Å². The second-order valence-corrected chi connectivity index (χ2v) is 18.0. The third kappa shape index (κ3) is 7.20. The molecule has 6 heterocycles. The summed E-state index contributed by atoms with van der Waals surface area (Å²) in [6.45, 7) is 7.33. The number of hydrogen-bond donors (Lipinski definition) is 5. The minimum Gasteiger partial charge on any atom is -0.350 e. The standard InChI is InChI=1S/C44H51F2N11O4/c1-23-4-6-34(45)32-18-36(49-39(23)32)41(58)47-27-12-25(14-29(16-27)54-8-10-56-31(21-54)20-53(3)44(56)61)26-13-28(17-30(15-26)55-9-11-57-38(22-55)51-52-43(57)60)48-42(59)37-19-33-35(46)7-5-24(2)40(33)50-37/h4-7,18-20,25-30,49-50H,8-17,21-22H2,1-3H3,(H,47,58)(H,48,59)(H,52,60)/t25?,26?,27-,28-,29+,30+/m1/s1. The molecular formula is C44H51F2N11O4. The maximum atomic E-state index is 14.8. The van der Waals surface area contributed by atoms with Crippen LogP contribution in [0.25, 0.3) is 21.8 Å². The normalized spacial score (nSPS) is 24.8. The van der Waals surface area contributed by atoms with Crippen molar-refractivity contribution < 1.29 is 18.4 Å². The first-order chi connectivity index (χ1) is 29.4. The van der Waals surface area contributed by atoms with Gasteiger partial charge in [-0.3, -0.25) is 28.5 Å². The number of nitrogens with zero attached hydrogens (tertiary/aromatic N) is 6. The summed E-state index contributed by atoms with van der Waals surface area (Å²) in [5, 5.41) is 14.3. The first-order valence-electron chi connectivity index (χ1n) is 21.4. The van der Waals surface area contributed by atoms with Crippen molar-refractivity contribution in [1.82, 2.24) is 54.3 Å². The smallest absolute Gasteiger partial charge is 0.343 e. The molecule has 6 aromatic rings. The summed E-state index contributed by atoms with van der Waals surface area (Å²) in [5.74, 6) is -0.356. The van der Waals surface area contributed by atoms with Gasteiger partial charge in [0.1, 0.15) is 28.8 Å². The third-order valence-electron chi connectivity index (χ3n) is 14.2. The fourth-order valence-electron chi connectivity index (χ4n) is 11.0. The fourth-order valence-corrected chi connectivity index (χ4v) is 11.0. The summed E-state index contributed by atoms with van der Waals surface area (Å²) in [7, 11) is 1.78. The van der Waals surface area contributed by atoms with Gasteiger partial charge in [0.15, 0.2) is 0 Å². The van der Waals surface area contributed by atoms with E-state index in [1.54, 1.807) is 40.4 Å². The molecule has 17 heteroatoms. The molecule has 2 unspecified atom stereocenters. The SMILES string of the molecule is Cc1ccc(F)c2cc(C(=O)N[C@@H]3CC(C4C[C@@H](NC(=O)c5cc6c(F)ccc(C)c6[nH]5)C[C@@H](N5CCn6c(cn(C)c6=O)C5)C4)C[C@H](N4CCn5c(n[nH]c5=O)C4)C3)[nH]c12. The van der Waals surface area contributed by atoms with Crippen LogP contribution in [0.15, 0.2) is 52.2 Å². The van der Waals surface area contributed by atoms with Crippen molar-refractivity contribution in [2.45, 2.75) is 103 Å². The number of carbonyl (C=O) groups excluding carboxylic acids is 2. The average Bonchev–Trinajstić information content (AvgIpc) is 4.06. The van der Waals surface area contributed by atoms with Crippen molar-refractivity contribution in [3.05, 3.63) is 109 Å². The molecule has 0 spiro atoms. The highest BCUT2D eigenvalue weighted by Crippen LogP contribution is 2.42. The number of benzene rings is 2. The molecule has 0 saturated heterocycles. The van der Waals surface area contributed by atoms with Crippen LogP contribution in [0.3, 0.4) is 0 Å². The van der Waals surface area contributed by atoms with E-state index in [9.17, 15) is 28.0 Å². The lowest BCUT2D eigenvalue weighted by Crippen LogP contribution is -2.54. The van der Waals surface area contributed by atoms with E-state index in [1.165, 1.54) is 12.1 Å². The van der Waals surface area contributed by atoms with Crippen LogP contribution in [0, 0.1) is 37.3 Å². The number of aromatic nitrogens is 7. The van der Waals surface area contributed by atoms with Gasteiger partial charge < -0.3 is 25.2 Å². The van der Waals surface area contributed by atoms with Gasteiger partial charge in [0.05, 0.1) is 23.3 Å². The van der Waals surface area contributed by atoms with E-state index in [2.05, 4.69) is 40.6 Å². The van der Waals surface area contributed by atoms with Crippen LogP contribution in [0.5, 0.6) is 0 Å². The van der Waals surface area contributed by atoms with Crippen LogP contribution >= 0.6 is 0 Å². The van der Waals surface area contributed by atoms with Gasteiger partial charge in [0.2, 0.25) is 0 Å². The van der Waals surface area contributed by atoms with Gasteiger partial charge in [-0.15, -0.1) is 0 Å². The van der Waals surface area contributed by atoms with Crippen molar-refractivity contribution in [2.24, 2.45) is 18.9 Å². The highest BCUT2D eigenvalue weighted by atomic mass is 19.1. The van der Waals surface area contributed by atoms with E-state index in [0.717, 1.165) is 36.1 Å². The number of fused-ring (bicyclic) bond motifs is 4. The van der Waals surface area contributed by atoms with Crippen molar-refractivity contribution in [2.75, 3.05) is 13.1 Å². The number of rotatable bonds is 7. The Labute approximate surface area is 349 Å². The van der Waals surface area contributed by atoms with Gasteiger partial charge in [-0.25, -0.2) is 23.5 Å². The predicted octanol–water partition coefficient (Wildman–Crippen LogP) is 4.20. The first kappa shape index (κ1) is 39.3. The van der Waals surface area contributed by atoms with Crippen LogP contribution in [0.1, 0.15) is 82.1 Å². The molecule has 4 aromatic heterocycles. The van der Waals surface area contributed by atoms with Gasteiger partial charge in [0.25, 0.3) is 11.8 Å². The Bertz CT molecular complexity index is 2730. The Morgan fingerprint density at radius 1 is 0.705 bits per heavy atom. The van der Waals surface area contributed by atoms with Crippen LogP contribution < -0.4 is 22.0 Å². The molecule has 2 amide bonds. The number of aryl methyl sites for hydroxylation is 3. The minimum absolute atomic E-state index is 0.0232. The Morgan fingerprint density at radius 3 is 1.77 bits per heavy atom. The van der Waals surface area contributed by atoms with Crippen molar-refractivity contribution >= 4 is 33.6 Å². The van der Waals surface area contributed by atoms with E-state index in [1.807, 2.05) is 24.6 Å². The Morgan fingerprint density at radius 2 is 1.23 bits per heavy atom. The van der Waals surface area contributed by atoms with Crippen LogP contribution in [0.2, 0.25) is 0 Å². The number of carbonyl (C=O) groups is 2. The van der Waals surface area contributed by atoms with Crippen molar-refractivity contribution in [3.8, 4) is 0 Å². The van der Waals surface area contributed by atoms with E-state index in [-0.39, 0.29) is 70.8 Å². The predicted molar refractivity (Wildman–Crippen MR) is 224 cm³/mol. The summed E-state index contributed by atoms with van der Waals surface area (Å²) in [4.78, 5) is 64.4. The molecule has 320 valence electrons. The molecule has 2 aromatic carbocycles. The number of aromatic amines is 3. The van der Waals surface area contributed by atoms with Gasteiger partial charge in [-0.2, -0.15) is 5.10 Å². The van der Waals surface area contributed by atoms with Crippen LogP contribution in [-0.2, 0) is 33.2 Å². The molecule has 2 saturated carbocycles. The number of hydrogen-bond acceptors (Lipinski definition) is 7. The molecular weight excluding hydrogens is 785 g/mol. The van der Waals surface area contributed by atoms with Crippen molar-refractivity contribution in [1.29, 1.82) is 0 Å². The molecule has 6 atom stereocenters. The van der Waals surface area contributed by atoms with Gasteiger partial charge in [-0.1, -0.05) is 12.1 Å². The van der Waals surface area contributed by atoms with E-state index >= 15 is 0 Å². The van der Waals surface area contributed by atoms with Crippen molar-refractivity contribution in [3.63, 3.8) is 0 Å². The second-order valence-electron chi connectivity index (χ2n) is 18.0. The second kappa shape index (κ2) is 15.3. The first-order valence-corrected chi connectivity index (χ1v) is 21.4. The topological polar surface area (TPSA) is 174 Å². The molecule has 61 heavy (non-hydrogen) atoms. The molecule has 2 fully saturated rings. The zero-order valence-corrected chi connectivity index (χ0v) is 34.6. The monoisotopic (exact) mass is 835 g/mol. The Kier molecular flexibility index (Phi) is 9.85. The Hall–Kier alpha value is -5.81. The molecule has 5 N–H and O–H groups in total. The third-order valence-corrected chi connectivity index (χ3v) is 14.2.